The van der Waals surface area contributed by atoms with Crippen LogP contribution in [0.5, 0.6) is 0 Å². The molecule has 3 heteroatoms. The molecular formula is C13H23N3. The van der Waals surface area contributed by atoms with Crippen LogP contribution in [0.2, 0.25) is 0 Å². The first-order valence-corrected chi connectivity index (χ1v) is 6.17. The summed E-state index contributed by atoms with van der Waals surface area (Å²) >= 11 is 0. The molecule has 0 radical (unpaired) electrons. The van der Waals surface area contributed by atoms with Crippen LogP contribution < -0.4 is 0 Å². The van der Waals surface area contributed by atoms with Crippen molar-refractivity contribution in [3.8, 4) is 0 Å². The lowest BCUT2D eigenvalue weighted by atomic mass is 10.3. The van der Waals surface area contributed by atoms with Gasteiger partial charge in [0, 0.05) is 43.6 Å². The Morgan fingerprint density at radius 3 is 2.31 bits per heavy atom. The maximum atomic E-state index is 4.13. The van der Waals surface area contributed by atoms with Gasteiger partial charge in [0.15, 0.2) is 0 Å². The van der Waals surface area contributed by atoms with Gasteiger partial charge in [-0.05, 0) is 27.0 Å². The highest BCUT2D eigenvalue weighted by Crippen LogP contribution is 2.24. The zero-order valence-electron chi connectivity index (χ0n) is 10.7. The van der Waals surface area contributed by atoms with Crippen LogP contribution in [0.4, 0.5) is 0 Å². The van der Waals surface area contributed by atoms with Gasteiger partial charge in [0.25, 0.3) is 0 Å². The van der Waals surface area contributed by atoms with Crippen LogP contribution in [0.15, 0.2) is 24.0 Å². The average molecular weight is 221 g/mol. The third-order valence-corrected chi connectivity index (χ3v) is 3.57. The van der Waals surface area contributed by atoms with E-state index in [1.54, 1.807) is 0 Å². The van der Waals surface area contributed by atoms with Gasteiger partial charge < -0.3 is 14.7 Å². The molecule has 2 aliphatic heterocycles. The molecule has 0 amide bonds. The number of likely N-dealkylation sites (N-methyl/N-ethyl adjacent to an activating group) is 1. The molecule has 1 saturated heterocycles. The fraction of sp³-hybridized carbons (Fsp3) is 0.692. The van der Waals surface area contributed by atoms with Crippen molar-refractivity contribution < 1.29 is 0 Å². The molecule has 3 nitrogen and oxygen atoms in total. The second-order valence-electron chi connectivity index (χ2n) is 5.14. The van der Waals surface area contributed by atoms with Gasteiger partial charge in [0.1, 0.15) is 0 Å². The van der Waals surface area contributed by atoms with Crippen LogP contribution in [0.25, 0.3) is 0 Å². The van der Waals surface area contributed by atoms with Crippen molar-refractivity contribution in [3.63, 3.8) is 0 Å². The monoisotopic (exact) mass is 221 g/mol. The van der Waals surface area contributed by atoms with Crippen molar-refractivity contribution in [2.75, 3.05) is 39.8 Å². The van der Waals surface area contributed by atoms with E-state index >= 15 is 0 Å². The van der Waals surface area contributed by atoms with E-state index in [0.29, 0.717) is 6.04 Å². The molecule has 0 atom stereocenters. The highest BCUT2D eigenvalue weighted by Gasteiger charge is 2.24. The number of hydrogen-bond acceptors (Lipinski definition) is 3. The molecule has 0 spiro atoms. The van der Waals surface area contributed by atoms with E-state index in [9.17, 15) is 0 Å². The maximum Gasteiger partial charge on any atom is 0.0582 e. The summed E-state index contributed by atoms with van der Waals surface area (Å²) < 4.78 is 0. The third kappa shape index (κ3) is 2.24. The SMILES string of the molecule is C=C1C=C(N2CCN(C)CC2)CN1C(C)C. The summed E-state index contributed by atoms with van der Waals surface area (Å²) in [5, 5.41) is 0. The van der Waals surface area contributed by atoms with Crippen LogP contribution in [-0.4, -0.2) is 60.5 Å². The molecule has 0 aromatic rings. The Morgan fingerprint density at radius 1 is 1.19 bits per heavy atom. The predicted octanol–water partition coefficient (Wildman–Crippen LogP) is 1.36. The molecule has 0 N–H and O–H groups in total. The van der Waals surface area contributed by atoms with E-state index in [1.807, 2.05) is 0 Å². The van der Waals surface area contributed by atoms with E-state index in [2.05, 4.69) is 48.2 Å². The number of piperazine rings is 1. The topological polar surface area (TPSA) is 9.72 Å². The van der Waals surface area contributed by atoms with E-state index in [1.165, 1.54) is 24.5 Å². The zero-order chi connectivity index (χ0) is 11.7. The largest absolute Gasteiger partial charge is 0.371 e. The molecule has 90 valence electrons. The predicted molar refractivity (Wildman–Crippen MR) is 68.1 cm³/mol. The van der Waals surface area contributed by atoms with Gasteiger partial charge >= 0.3 is 0 Å². The van der Waals surface area contributed by atoms with Crippen molar-refractivity contribution in [1.82, 2.24) is 14.7 Å². The van der Waals surface area contributed by atoms with Gasteiger partial charge in [-0.3, -0.25) is 0 Å². The quantitative estimate of drug-likeness (QED) is 0.697. The fourth-order valence-electron chi connectivity index (χ4n) is 2.40. The van der Waals surface area contributed by atoms with Crippen molar-refractivity contribution in [3.05, 3.63) is 24.0 Å². The van der Waals surface area contributed by atoms with Crippen LogP contribution in [0.3, 0.4) is 0 Å². The second kappa shape index (κ2) is 4.50. The van der Waals surface area contributed by atoms with E-state index < -0.39 is 0 Å². The summed E-state index contributed by atoms with van der Waals surface area (Å²) in [5.74, 6) is 0. The molecule has 0 aromatic heterocycles. The van der Waals surface area contributed by atoms with Gasteiger partial charge in [-0.1, -0.05) is 6.58 Å². The molecule has 16 heavy (non-hydrogen) atoms. The summed E-state index contributed by atoms with van der Waals surface area (Å²) in [6.07, 6.45) is 2.26. The summed E-state index contributed by atoms with van der Waals surface area (Å²) in [6.45, 7) is 14.3. The lowest BCUT2D eigenvalue weighted by molar-refractivity contribution is 0.177. The molecule has 2 aliphatic rings. The van der Waals surface area contributed by atoms with E-state index in [-0.39, 0.29) is 0 Å². The average Bonchev–Trinajstić information content (AvgIpc) is 2.61. The molecule has 0 saturated carbocycles. The van der Waals surface area contributed by atoms with Crippen molar-refractivity contribution in [2.45, 2.75) is 19.9 Å². The molecule has 1 fully saturated rings. The molecular weight excluding hydrogens is 198 g/mol. The first kappa shape index (κ1) is 11.5. The van der Waals surface area contributed by atoms with Crippen LogP contribution in [0.1, 0.15) is 13.8 Å². The summed E-state index contributed by atoms with van der Waals surface area (Å²) in [5.41, 5.74) is 2.62. The molecule has 0 bridgehead atoms. The molecule has 0 aromatic carbocycles. The van der Waals surface area contributed by atoms with Crippen molar-refractivity contribution in [2.24, 2.45) is 0 Å². The number of allylic oxidation sites excluding steroid dienone is 1. The Hall–Kier alpha value is -0.960. The Bertz CT molecular complexity index is 298. The Balaban J connectivity index is 1.97. The first-order valence-electron chi connectivity index (χ1n) is 6.17. The Labute approximate surface area is 99.0 Å². The third-order valence-electron chi connectivity index (χ3n) is 3.57. The zero-order valence-corrected chi connectivity index (χ0v) is 10.7. The fourth-order valence-corrected chi connectivity index (χ4v) is 2.40. The van der Waals surface area contributed by atoms with Crippen LogP contribution in [-0.2, 0) is 0 Å². The minimum atomic E-state index is 0.550. The number of hydrogen-bond donors (Lipinski definition) is 0. The number of nitrogens with zero attached hydrogens (tertiary/aromatic N) is 3. The molecule has 0 unspecified atom stereocenters. The van der Waals surface area contributed by atoms with Gasteiger partial charge in [-0.2, -0.15) is 0 Å². The summed E-state index contributed by atoms with van der Waals surface area (Å²) in [6, 6.07) is 0.550. The maximum absolute atomic E-state index is 4.13. The minimum absolute atomic E-state index is 0.550. The Morgan fingerprint density at radius 2 is 1.81 bits per heavy atom. The van der Waals surface area contributed by atoms with Crippen molar-refractivity contribution >= 4 is 0 Å². The smallest absolute Gasteiger partial charge is 0.0582 e. The van der Waals surface area contributed by atoms with Gasteiger partial charge in [0.05, 0.1) is 6.54 Å². The second-order valence-corrected chi connectivity index (χ2v) is 5.14. The highest BCUT2D eigenvalue weighted by atomic mass is 15.3. The standard InChI is InChI=1S/C13H23N3/c1-11(2)16-10-13(9-12(16)3)15-7-5-14(4)6-8-15/h9,11H,3,5-8,10H2,1-2,4H3. The van der Waals surface area contributed by atoms with Gasteiger partial charge in [-0.25, -0.2) is 0 Å². The lowest BCUT2D eigenvalue weighted by Crippen LogP contribution is -2.44. The number of rotatable bonds is 2. The van der Waals surface area contributed by atoms with Gasteiger partial charge in [-0.15, -0.1) is 0 Å². The van der Waals surface area contributed by atoms with Gasteiger partial charge in [0.2, 0.25) is 0 Å². The molecule has 2 heterocycles. The summed E-state index contributed by atoms with van der Waals surface area (Å²) in [4.78, 5) is 7.27. The molecule has 2 rings (SSSR count). The van der Waals surface area contributed by atoms with E-state index in [0.717, 1.165) is 19.6 Å². The molecule has 0 aliphatic carbocycles. The summed E-state index contributed by atoms with van der Waals surface area (Å²) in [7, 11) is 2.19. The highest BCUT2D eigenvalue weighted by molar-refractivity contribution is 5.28. The lowest BCUT2D eigenvalue weighted by Gasteiger charge is -2.35. The van der Waals surface area contributed by atoms with Crippen LogP contribution >= 0.6 is 0 Å². The normalized spacial score (nSPS) is 23.2. The van der Waals surface area contributed by atoms with E-state index in [4.69, 9.17) is 0 Å². The minimum Gasteiger partial charge on any atom is -0.371 e. The van der Waals surface area contributed by atoms with Crippen molar-refractivity contribution in [1.29, 1.82) is 0 Å². The first-order chi connectivity index (χ1) is 7.58. The Kier molecular flexibility index (Phi) is 3.24. The van der Waals surface area contributed by atoms with Crippen LogP contribution in [0, 0.1) is 0 Å².